The quantitative estimate of drug-likeness (QED) is 0.393. The highest BCUT2D eigenvalue weighted by molar-refractivity contribution is 6.30. The van der Waals surface area contributed by atoms with Gasteiger partial charge in [0, 0.05) is 36.8 Å². The number of benzene rings is 1. The minimum absolute atomic E-state index is 0.0437. The first kappa shape index (κ1) is 16.1. The van der Waals surface area contributed by atoms with Gasteiger partial charge in [-0.25, -0.2) is 4.79 Å². The van der Waals surface area contributed by atoms with Crippen molar-refractivity contribution in [3.05, 3.63) is 64.0 Å². The number of hydrogen-bond acceptors (Lipinski definition) is 5. The molecule has 25 heavy (non-hydrogen) atoms. The molecule has 0 unspecified atom stereocenters. The highest BCUT2D eigenvalue weighted by atomic mass is 16.6. The molecule has 4 amide bonds. The lowest BCUT2D eigenvalue weighted by atomic mass is 10.1. The van der Waals surface area contributed by atoms with Gasteiger partial charge in [-0.2, -0.15) is 0 Å². The Labute approximate surface area is 141 Å². The first-order valence-electron chi connectivity index (χ1n) is 7.16. The topological polar surface area (TPSA) is 115 Å². The van der Waals surface area contributed by atoms with Crippen LogP contribution < -0.4 is 5.32 Å². The third kappa shape index (κ3) is 2.90. The summed E-state index contributed by atoms with van der Waals surface area (Å²) in [5.74, 6) is -1.48. The summed E-state index contributed by atoms with van der Waals surface area (Å²) in [7, 11) is 1.27. The number of non-ortho nitro benzene ring substituents is 1. The van der Waals surface area contributed by atoms with Gasteiger partial charge in [-0.1, -0.05) is 0 Å². The number of likely N-dealkylation sites (N-methyl/N-ethyl adjacent to an activating group) is 1. The van der Waals surface area contributed by atoms with Gasteiger partial charge in [0.15, 0.2) is 0 Å². The van der Waals surface area contributed by atoms with Crippen molar-refractivity contribution in [3.63, 3.8) is 0 Å². The molecule has 1 N–H and O–H groups in total. The van der Waals surface area contributed by atoms with Crippen molar-refractivity contribution < 1.29 is 19.3 Å². The maximum absolute atomic E-state index is 12.1. The van der Waals surface area contributed by atoms with E-state index in [4.69, 9.17) is 0 Å². The van der Waals surface area contributed by atoms with Crippen LogP contribution in [0.3, 0.4) is 0 Å². The Balaban J connectivity index is 1.99. The van der Waals surface area contributed by atoms with E-state index in [2.05, 4.69) is 5.32 Å². The van der Waals surface area contributed by atoms with Gasteiger partial charge in [-0.15, -0.1) is 0 Å². The Morgan fingerprint density at radius 1 is 1.12 bits per heavy atom. The molecule has 0 radical (unpaired) electrons. The van der Waals surface area contributed by atoms with E-state index in [1.807, 2.05) is 0 Å². The molecule has 0 aliphatic carbocycles. The zero-order chi connectivity index (χ0) is 18.1. The smallest absolute Gasteiger partial charge is 0.317 e. The minimum Gasteiger partial charge on any atom is -0.317 e. The van der Waals surface area contributed by atoms with Gasteiger partial charge in [0.05, 0.1) is 4.92 Å². The minimum atomic E-state index is -0.780. The van der Waals surface area contributed by atoms with Crippen molar-refractivity contribution in [3.8, 4) is 5.69 Å². The summed E-state index contributed by atoms with van der Waals surface area (Å²) in [6.07, 6.45) is 3.05. The van der Waals surface area contributed by atoms with Crippen LogP contribution in [0.5, 0.6) is 0 Å². The fourth-order valence-corrected chi connectivity index (χ4v) is 2.38. The summed E-state index contributed by atoms with van der Waals surface area (Å²) >= 11 is 0. The molecule has 3 rings (SSSR count). The fourth-order valence-electron chi connectivity index (χ4n) is 2.38. The molecule has 0 bridgehead atoms. The SMILES string of the molecule is CN1C(=O)NC(=O)C(=Cc2cccn2-c2ccc([N+](=O)[O-])cc2)C1=O. The van der Waals surface area contributed by atoms with Crippen molar-refractivity contribution in [2.75, 3.05) is 7.05 Å². The van der Waals surface area contributed by atoms with Crippen LogP contribution in [0.4, 0.5) is 10.5 Å². The van der Waals surface area contributed by atoms with Crippen LogP contribution in [0.25, 0.3) is 11.8 Å². The first-order chi connectivity index (χ1) is 11.9. The molecule has 1 aromatic carbocycles. The van der Waals surface area contributed by atoms with Gasteiger partial charge in [-0.05, 0) is 30.3 Å². The molecule has 0 saturated carbocycles. The van der Waals surface area contributed by atoms with E-state index in [1.54, 1.807) is 35.0 Å². The molecule has 0 atom stereocenters. The Morgan fingerprint density at radius 2 is 1.80 bits per heavy atom. The van der Waals surface area contributed by atoms with Crippen molar-refractivity contribution in [2.45, 2.75) is 0 Å². The Hall–Kier alpha value is -3.75. The number of barbiturate groups is 1. The number of rotatable bonds is 3. The van der Waals surface area contributed by atoms with Crippen molar-refractivity contribution >= 4 is 29.6 Å². The van der Waals surface area contributed by atoms with Gasteiger partial charge < -0.3 is 4.57 Å². The largest absolute Gasteiger partial charge is 0.331 e. The van der Waals surface area contributed by atoms with E-state index in [0.717, 1.165) is 4.90 Å². The van der Waals surface area contributed by atoms with Gasteiger partial charge in [0.1, 0.15) is 5.57 Å². The predicted molar refractivity (Wildman–Crippen MR) is 86.7 cm³/mol. The average Bonchev–Trinajstić information content (AvgIpc) is 3.05. The molecule has 1 fully saturated rings. The van der Waals surface area contributed by atoms with Crippen LogP contribution >= 0.6 is 0 Å². The number of nitro groups is 1. The van der Waals surface area contributed by atoms with E-state index < -0.39 is 22.8 Å². The summed E-state index contributed by atoms with van der Waals surface area (Å²) in [6.45, 7) is 0. The highest BCUT2D eigenvalue weighted by Crippen LogP contribution is 2.20. The predicted octanol–water partition coefficient (Wildman–Crippen LogP) is 1.48. The molecule has 0 spiro atoms. The lowest BCUT2D eigenvalue weighted by Gasteiger charge is -2.22. The van der Waals surface area contributed by atoms with Crippen molar-refractivity contribution in [1.82, 2.24) is 14.8 Å². The van der Waals surface area contributed by atoms with Crippen LogP contribution in [0.1, 0.15) is 5.69 Å². The second-order valence-electron chi connectivity index (χ2n) is 5.26. The number of urea groups is 1. The number of nitrogens with zero attached hydrogens (tertiary/aromatic N) is 3. The number of hydrogen-bond donors (Lipinski definition) is 1. The number of carbonyl (C=O) groups excluding carboxylic acids is 3. The summed E-state index contributed by atoms with van der Waals surface area (Å²) in [5.41, 5.74) is 0.910. The summed E-state index contributed by atoms with van der Waals surface area (Å²) < 4.78 is 1.66. The number of imide groups is 2. The zero-order valence-corrected chi connectivity index (χ0v) is 13.0. The van der Waals surface area contributed by atoms with Crippen LogP contribution in [0.2, 0.25) is 0 Å². The van der Waals surface area contributed by atoms with E-state index in [0.29, 0.717) is 11.4 Å². The standard InChI is InChI=1S/C16H12N4O5/c1-18-15(22)13(14(21)17-16(18)23)9-12-3-2-8-19(12)10-4-6-11(7-5-10)20(24)25/h2-9H,1H3,(H,17,21,23). The highest BCUT2D eigenvalue weighted by Gasteiger charge is 2.33. The summed E-state index contributed by atoms with van der Waals surface area (Å²) in [4.78, 5) is 46.5. The Kier molecular flexibility index (Phi) is 3.89. The normalized spacial score (nSPS) is 16.3. The molecule has 1 aromatic heterocycles. The number of nitro benzene ring substituents is 1. The second kappa shape index (κ2) is 6.04. The van der Waals surface area contributed by atoms with Gasteiger partial charge in [0.2, 0.25) is 0 Å². The molecule has 2 aromatic rings. The van der Waals surface area contributed by atoms with Gasteiger partial charge >= 0.3 is 6.03 Å². The third-order valence-electron chi connectivity index (χ3n) is 3.72. The van der Waals surface area contributed by atoms with Gasteiger partial charge in [0.25, 0.3) is 17.5 Å². The Morgan fingerprint density at radius 3 is 2.44 bits per heavy atom. The number of aromatic nitrogens is 1. The first-order valence-corrected chi connectivity index (χ1v) is 7.16. The van der Waals surface area contributed by atoms with E-state index in [1.165, 1.54) is 25.3 Å². The van der Waals surface area contributed by atoms with Crippen LogP contribution in [-0.4, -0.2) is 39.3 Å². The number of nitrogens with one attached hydrogen (secondary N) is 1. The lowest BCUT2D eigenvalue weighted by Crippen LogP contribution is -2.52. The monoisotopic (exact) mass is 340 g/mol. The summed E-state index contributed by atoms with van der Waals surface area (Å²) in [5, 5.41) is 12.8. The fraction of sp³-hybridized carbons (Fsp3) is 0.0625. The van der Waals surface area contributed by atoms with E-state index in [-0.39, 0.29) is 11.3 Å². The maximum Gasteiger partial charge on any atom is 0.331 e. The molecule has 1 aliphatic heterocycles. The molecule has 1 aliphatic rings. The van der Waals surface area contributed by atoms with Crippen molar-refractivity contribution in [1.29, 1.82) is 0 Å². The molecular weight excluding hydrogens is 328 g/mol. The molecule has 9 heteroatoms. The van der Waals surface area contributed by atoms with E-state index in [9.17, 15) is 24.5 Å². The molecule has 2 heterocycles. The summed E-state index contributed by atoms with van der Waals surface area (Å²) in [6, 6.07) is 8.42. The molecule has 1 saturated heterocycles. The Bertz CT molecular complexity index is 926. The van der Waals surface area contributed by atoms with Crippen LogP contribution in [-0.2, 0) is 9.59 Å². The number of amides is 4. The third-order valence-corrected chi connectivity index (χ3v) is 3.72. The van der Waals surface area contributed by atoms with E-state index >= 15 is 0 Å². The average molecular weight is 340 g/mol. The second-order valence-corrected chi connectivity index (χ2v) is 5.26. The molecular formula is C16H12N4O5. The van der Waals surface area contributed by atoms with Crippen molar-refractivity contribution in [2.24, 2.45) is 0 Å². The van der Waals surface area contributed by atoms with Crippen LogP contribution in [0.15, 0.2) is 48.2 Å². The molecule has 9 nitrogen and oxygen atoms in total. The maximum atomic E-state index is 12.1. The molecule has 126 valence electrons. The number of carbonyl (C=O) groups is 3. The van der Waals surface area contributed by atoms with Crippen LogP contribution in [0, 0.1) is 10.1 Å². The van der Waals surface area contributed by atoms with Gasteiger partial charge in [-0.3, -0.25) is 29.9 Å². The zero-order valence-electron chi connectivity index (χ0n) is 13.0. The lowest BCUT2D eigenvalue weighted by molar-refractivity contribution is -0.384.